The molecule has 1 atom stereocenters. The molecule has 3 rings (SSSR count). The smallest absolute Gasteiger partial charge is 0.119 e. The van der Waals surface area contributed by atoms with Crippen LogP contribution in [-0.4, -0.2) is 53.1 Å². The van der Waals surface area contributed by atoms with E-state index in [0.29, 0.717) is 37.2 Å². The van der Waals surface area contributed by atoms with Gasteiger partial charge in [0.25, 0.3) is 0 Å². The number of ether oxygens (including phenoxy) is 1. The Balaban J connectivity index is 0.00000261. The number of aliphatic hydroxyl groups excluding tert-OH is 1. The van der Waals surface area contributed by atoms with E-state index in [2.05, 4.69) is 17.0 Å². The predicted molar refractivity (Wildman–Crippen MR) is 110 cm³/mol. The van der Waals surface area contributed by atoms with E-state index in [9.17, 15) is 10.2 Å². The molecule has 0 aromatic heterocycles. The quantitative estimate of drug-likeness (QED) is 0.631. The van der Waals surface area contributed by atoms with Gasteiger partial charge in [-0.2, -0.15) is 0 Å². The number of piperidine rings is 1. The van der Waals surface area contributed by atoms with Crippen LogP contribution in [0.15, 0.2) is 54.6 Å². The average Bonchev–Trinajstić information content (AvgIpc) is 2.64. The SMILES string of the molecule is Cl.Nc1ccc(OCC(O)CN2CCC(O)(Cc3ccccc3)CC2)cc1. The van der Waals surface area contributed by atoms with Crippen LogP contribution >= 0.6 is 12.4 Å². The van der Waals surface area contributed by atoms with Gasteiger partial charge in [-0.3, -0.25) is 0 Å². The summed E-state index contributed by atoms with van der Waals surface area (Å²) >= 11 is 0. The number of nitrogen functional groups attached to an aromatic ring is 1. The van der Waals surface area contributed by atoms with Crippen molar-refractivity contribution in [2.24, 2.45) is 0 Å². The number of hydrogen-bond acceptors (Lipinski definition) is 5. The number of benzene rings is 2. The summed E-state index contributed by atoms with van der Waals surface area (Å²) in [4.78, 5) is 2.19. The van der Waals surface area contributed by atoms with Crippen LogP contribution in [0.4, 0.5) is 5.69 Å². The molecule has 2 aromatic carbocycles. The molecular formula is C21H29ClN2O3. The third-order valence-electron chi connectivity index (χ3n) is 4.95. The first-order valence-corrected chi connectivity index (χ1v) is 9.17. The van der Waals surface area contributed by atoms with Gasteiger partial charge in [0.2, 0.25) is 0 Å². The number of aliphatic hydroxyl groups is 2. The van der Waals surface area contributed by atoms with E-state index in [0.717, 1.165) is 13.1 Å². The number of halogens is 1. The van der Waals surface area contributed by atoms with Crippen LogP contribution in [-0.2, 0) is 6.42 Å². The molecule has 148 valence electrons. The second-order valence-corrected chi connectivity index (χ2v) is 7.22. The molecular weight excluding hydrogens is 364 g/mol. The van der Waals surface area contributed by atoms with Crippen LogP contribution in [0.2, 0.25) is 0 Å². The van der Waals surface area contributed by atoms with Crippen LogP contribution in [0.5, 0.6) is 5.75 Å². The van der Waals surface area contributed by atoms with Crippen molar-refractivity contribution >= 4 is 18.1 Å². The molecule has 0 amide bonds. The fourth-order valence-electron chi connectivity index (χ4n) is 3.41. The number of rotatable bonds is 7. The predicted octanol–water partition coefficient (Wildman–Crippen LogP) is 2.50. The summed E-state index contributed by atoms with van der Waals surface area (Å²) in [5, 5.41) is 21.1. The maximum atomic E-state index is 10.8. The second kappa shape index (κ2) is 9.95. The first-order chi connectivity index (χ1) is 12.5. The molecule has 5 nitrogen and oxygen atoms in total. The van der Waals surface area contributed by atoms with Gasteiger partial charge in [-0.25, -0.2) is 0 Å². The largest absolute Gasteiger partial charge is 0.491 e. The zero-order valence-electron chi connectivity index (χ0n) is 15.5. The minimum absolute atomic E-state index is 0. The van der Waals surface area contributed by atoms with Gasteiger partial charge >= 0.3 is 0 Å². The summed E-state index contributed by atoms with van der Waals surface area (Å²) in [5.74, 6) is 0.703. The molecule has 1 aliphatic rings. The highest BCUT2D eigenvalue weighted by molar-refractivity contribution is 5.85. The van der Waals surface area contributed by atoms with Gasteiger partial charge in [0, 0.05) is 31.7 Å². The summed E-state index contributed by atoms with van der Waals surface area (Å²) in [6, 6.07) is 17.3. The molecule has 1 fully saturated rings. The van der Waals surface area contributed by atoms with Gasteiger partial charge in [-0.1, -0.05) is 30.3 Å². The normalized spacial score (nSPS) is 17.7. The van der Waals surface area contributed by atoms with Crippen molar-refractivity contribution in [1.82, 2.24) is 4.90 Å². The minimum atomic E-state index is -0.650. The second-order valence-electron chi connectivity index (χ2n) is 7.22. The lowest BCUT2D eigenvalue weighted by molar-refractivity contribution is -0.0325. The van der Waals surface area contributed by atoms with Crippen molar-refractivity contribution in [3.05, 3.63) is 60.2 Å². The lowest BCUT2D eigenvalue weighted by Gasteiger charge is -2.39. The van der Waals surface area contributed by atoms with Crippen molar-refractivity contribution in [2.75, 3.05) is 32.0 Å². The fourth-order valence-corrected chi connectivity index (χ4v) is 3.41. The monoisotopic (exact) mass is 392 g/mol. The molecule has 2 aromatic rings. The van der Waals surface area contributed by atoms with Crippen molar-refractivity contribution in [3.8, 4) is 5.75 Å². The summed E-state index contributed by atoms with van der Waals surface area (Å²) < 4.78 is 5.60. The molecule has 0 bridgehead atoms. The number of β-amino-alcohol motifs (C(OH)–C–C–N with tert-alkyl or cyclic N) is 1. The number of likely N-dealkylation sites (tertiary alicyclic amines) is 1. The van der Waals surface area contributed by atoms with Gasteiger partial charge in [0.15, 0.2) is 0 Å². The van der Waals surface area contributed by atoms with Crippen molar-refractivity contribution in [2.45, 2.75) is 31.0 Å². The van der Waals surface area contributed by atoms with E-state index in [1.807, 2.05) is 18.2 Å². The topological polar surface area (TPSA) is 79.0 Å². The van der Waals surface area contributed by atoms with Crippen LogP contribution in [0, 0.1) is 0 Å². The van der Waals surface area contributed by atoms with E-state index in [-0.39, 0.29) is 19.0 Å². The van der Waals surface area contributed by atoms with Crippen molar-refractivity contribution in [3.63, 3.8) is 0 Å². The maximum Gasteiger partial charge on any atom is 0.119 e. The average molecular weight is 393 g/mol. The molecule has 0 aliphatic carbocycles. The van der Waals surface area contributed by atoms with E-state index >= 15 is 0 Å². The van der Waals surface area contributed by atoms with Gasteiger partial charge in [-0.15, -0.1) is 12.4 Å². The number of nitrogens with zero attached hydrogens (tertiary/aromatic N) is 1. The van der Waals surface area contributed by atoms with Gasteiger partial charge < -0.3 is 25.6 Å². The molecule has 1 saturated heterocycles. The Hall–Kier alpha value is -1.79. The van der Waals surface area contributed by atoms with Crippen molar-refractivity contribution < 1.29 is 14.9 Å². The Morgan fingerprint density at radius 2 is 1.67 bits per heavy atom. The van der Waals surface area contributed by atoms with E-state index in [1.165, 1.54) is 5.56 Å². The van der Waals surface area contributed by atoms with E-state index < -0.39 is 11.7 Å². The van der Waals surface area contributed by atoms with Crippen LogP contribution in [0.1, 0.15) is 18.4 Å². The molecule has 4 N–H and O–H groups in total. The molecule has 1 heterocycles. The Morgan fingerprint density at radius 3 is 2.30 bits per heavy atom. The van der Waals surface area contributed by atoms with Gasteiger partial charge in [0.1, 0.15) is 18.5 Å². The summed E-state index contributed by atoms with van der Waals surface area (Å²) in [6.07, 6.45) is 1.55. The zero-order valence-corrected chi connectivity index (χ0v) is 16.3. The fraction of sp³-hybridized carbons (Fsp3) is 0.429. The lowest BCUT2D eigenvalue weighted by Crippen LogP contribution is -2.48. The minimum Gasteiger partial charge on any atom is -0.491 e. The molecule has 1 unspecified atom stereocenters. The first kappa shape index (κ1) is 21.5. The Labute approximate surface area is 167 Å². The highest BCUT2D eigenvalue weighted by Gasteiger charge is 2.32. The van der Waals surface area contributed by atoms with Gasteiger partial charge in [0.05, 0.1) is 5.60 Å². The number of hydrogen-bond donors (Lipinski definition) is 3. The molecule has 6 heteroatoms. The van der Waals surface area contributed by atoms with E-state index in [1.54, 1.807) is 24.3 Å². The molecule has 27 heavy (non-hydrogen) atoms. The molecule has 0 radical (unpaired) electrons. The Morgan fingerprint density at radius 1 is 1.04 bits per heavy atom. The molecule has 0 spiro atoms. The van der Waals surface area contributed by atoms with Crippen molar-refractivity contribution in [1.29, 1.82) is 0 Å². The van der Waals surface area contributed by atoms with E-state index in [4.69, 9.17) is 10.5 Å². The number of nitrogens with two attached hydrogens (primary N) is 1. The Bertz CT molecular complexity index is 674. The van der Waals surface area contributed by atoms with Crippen LogP contribution in [0.25, 0.3) is 0 Å². The highest BCUT2D eigenvalue weighted by Crippen LogP contribution is 2.26. The maximum absolute atomic E-state index is 10.8. The van der Waals surface area contributed by atoms with Gasteiger partial charge in [-0.05, 0) is 42.7 Å². The Kier molecular flexibility index (Phi) is 7.92. The van der Waals surface area contributed by atoms with Crippen LogP contribution in [0.3, 0.4) is 0 Å². The lowest BCUT2D eigenvalue weighted by atomic mass is 9.85. The number of anilines is 1. The molecule has 0 saturated carbocycles. The summed E-state index contributed by atoms with van der Waals surface area (Å²) in [7, 11) is 0. The highest BCUT2D eigenvalue weighted by atomic mass is 35.5. The molecule has 1 aliphatic heterocycles. The standard InChI is InChI=1S/C21H28N2O3.ClH/c22-18-6-8-20(9-7-18)26-16-19(24)15-23-12-10-21(25,11-13-23)14-17-4-2-1-3-5-17;/h1-9,19,24-25H,10-16,22H2;1H. The summed E-state index contributed by atoms with van der Waals surface area (Å²) in [6.45, 7) is 2.36. The van der Waals surface area contributed by atoms with Crippen LogP contribution < -0.4 is 10.5 Å². The first-order valence-electron chi connectivity index (χ1n) is 9.17. The third kappa shape index (κ3) is 6.70. The summed E-state index contributed by atoms with van der Waals surface area (Å²) in [5.41, 5.74) is 6.85. The third-order valence-corrected chi connectivity index (χ3v) is 4.95. The zero-order chi connectivity index (χ0) is 18.4.